The summed E-state index contributed by atoms with van der Waals surface area (Å²) in [7, 11) is 4.30. The third kappa shape index (κ3) is 4.65. The van der Waals surface area contributed by atoms with Crippen LogP contribution in [0.2, 0.25) is 0 Å². The molecule has 0 aromatic carbocycles. The number of nitrogens with two attached hydrogens (primary N) is 1. The van der Waals surface area contributed by atoms with Crippen LogP contribution in [-0.2, 0) is 0 Å². The van der Waals surface area contributed by atoms with E-state index in [1.807, 2.05) is 0 Å². The first-order chi connectivity index (χ1) is 7.11. The van der Waals surface area contributed by atoms with Gasteiger partial charge in [-0.2, -0.15) is 0 Å². The van der Waals surface area contributed by atoms with Gasteiger partial charge < -0.3 is 10.6 Å². The van der Waals surface area contributed by atoms with Gasteiger partial charge in [-0.3, -0.25) is 4.99 Å². The van der Waals surface area contributed by atoms with E-state index in [0.717, 1.165) is 18.2 Å². The van der Waals surface area contributed by atoms with E-state index in [9.17, 15) is 0 Å². The molecule has 0 atom stereocenters. The fraction of sp³-hybridized carbons (Fsp3) is 0.917. The van der Waals surface area contributed by atoms with Crippen LogP contribution in [0, 0.1) is 5.92 Å². The standard InChI is InChI=1S/C12H25N3/c1-4-12(13)14-11-7-5-10(6-8-11)9-15(2)3/h10-11H,4-9H2,1-3H3,(H2,13,14). The Kier molecular flexibility index (Phi) is 5.09. The van der Waals surface area contributed by atoms with Crippen molar-refractivity contribution in [2.45, 2.75) is 45.1 Å². The molecule has 3 nitrogen and oxygen atoms in total. The fourth-order valence-electron chi connectivity index (χ4n) is 2.30. The van der Waals surface area contributed by atoms with Crippen molar-refractivity contribution >= 4 is 5.84 Å². The molecule has 1 saturated carbocycles. The van der Waals surface area contributed by atoms with Gasteiger partial charge in [-0.15, -0.1) is 0 Å². The molecule has 0 aliphatic heterocycles. The van der Waals surface area contributed by atoms with Crippen LogP contribution in [0.15, 0.2) is 4.99 Å². The summed E-state index contributed by atoms with van der Waals surface area (Å²) in [6, 6.07) is 0.503. The molecule has 0 aromatic rings. The Labute approximate surface area is 93.7 Å². The van der Waals surface area contributed by atoms with Crippen LogP contribution in [0.3, 0.4) is 0 Å². The van der Waals surface area contributed by atoms with Crippen LogP contribution in [0.25, 0.3) is 0 Å². The summed E-state index contributed by atoms with van der Waals surface area (Å²) in [4.78, 5) is 6.84. The summed E-state index contributed by atoms with van der Waals surface area (Å²) in [5, 5.41) is 0. The molecule has 1 fully saturated rings. The minimum absolute atomic E-state index is 0.503. The van der Waals surface area contributed by atoms with E-state index in [1.165, 1.54) is 32.2 Å². The van der Waals surface area contributed by atoms with Crippen molar-refractivity contribution in [3.63, 3.8) is 0 Å². The van der Waals surface area contributed by atoms with Crippen molar-refractivity contribution in [2.24, 2.45) is 16.6 Å². The third-order valence-electron chi connectivity index (χ3n) is 3.15. The zero-order valence-electron chi connectivity index (χ0n) is 10.4. The van der Waals surface area contributed by atoms with E-state index < -0.39 is 0 Å². The highest BCUT2D eigenvalue weighted by atomic mass is 15.1. The van der Waals surface area contributed by atoms with Gasteiger partial charge in [0.05, 0.1) is 11.9 Å². The van der Waals surface area contributed by atoms with Crippen LogP contribution >= 0.6 is 0 Å². The van der Waals surface area contributed by atoms with Gasteiger partial charge in [0.1, 0.15) is 0 Å². The van der Waals surface area contributed by atoms with E-state index in [-0.39, 0.29) is 0 Å². The summed E-state index contributed by atoms with van der Waals surface area (Å²) in [6.45, 7) is 3.29. The van der Waals surface area contributed by atoms with Crippen molar-refractivity contribution in [1.29, 1.82) is 0 Å². The highest BCUT2D eigenvalue weighted by Crippen LogP contribution is 2.26. The minimum atomic E-state index is 0.503. The van der Waals surface area contributed by atoms with Crippen molar-refractivity contribution in [2.75, 3.05) is 20.6 Å². The van der Waals surface area contributed by atoms with Crippen LogP contribution in [-0.4, -0.2) is 37.4 Å². The molecule has 0 saturated heterocycles. The lowest BCUT2D eigenvalue weighted by Crippen LogP contribution is -2.27. The summed E-state index contributed by atoms with van der Waals surface area (Å²) in [6.07, 6.45) is 5.95. The molecule has 0 heterocycles. The minimum Gasteiger partial charge on any atom is -0.387 e. The van der Waals surface area contributed by atoms with Crippen molar-refractivity contribution in [1.82, 2.24) is 4.90 Å². The molecule has 0 spiro atoms. The van der Waals surface area contributed by atoms with E-state index in [4.69, 9.17) is 5.73 Å². The molecule has 0 aromatic heterocycles. The predicted octanol–water partition coefficient (Wildman–Crippen LogP) is 1.87. The van der Waals surface area contributed by atoms with E-state index in [1.54, 1.807) is 0 Å². The Morgan fingerprint density at radius 1 is 1.27 bits per heavy atom. The molecule has 0 radical (unpaired) electrons. The molecular weight excluding hydrogens is 186 g/mol. The lowest BCUT2D eigenvalue weighted by molar-refractivity contribution is 0.251. The second kappa shape index (κ2) is 6.11. The monoisotopic (exact) mass is 211 g/mol. The Morgan fingerprint density at radius 2 is 1.87 bits per heavy atom. The first kappa shape index (κ1) is 12.5. The summed E-state index contributed by atoms with van der Waals surface area (Å²) >= 11 is 0. The van der Waals surface area contributed by atoms with E-state index in [0.29, 0.717) is 6.04 Å². The third-order valence-corrected chi connectivity index (χ3v) is 3.15. The van der Waals surface area contributed by atoms with Gasteiger partial charge in [0.15, 0.2) is 0 Å². The van der Waals surface area contributed by atoms with Crippen LogP contribution < -0.4 is 5.73 Å². The van der Waals surface area contributed by atoms with Gasteiger partial charge in [-0.25, -0.2) is 0 Å². The normalized spacial score (nSPS) is 28.4. The molecule has 0 bridgehead atoms. The first-order valence-corrected chi connectivity index (χ1v) is 6.08. The largest absolute Gasteiger partial charge is 0.387 e. The lowest BCUT2D eigenvalue weighted by atomic mass is 9.86. The summed E-state index contributed by atoms with van der Waals surface area (Å²) in [5.41, 5.74) is 5.76. The molecule has 0 amide bonds. The van der Waals surface area contributed by atoms with Crippen molar-refractivity contribution in [3.8, 4) is 0 Å². The van der Waals surface area contributed by atoms with Crippen LogP contribution in [0.1, 0.15) is 39.0 Å². The van der Waals surface area contributed by atoms with Gasteiger partial charge in [-0.1, -0.05) is 6.92 Å². The number of aliphatic imine (C=N–C) groups is 1. The van der Waals surface area contributed by atoms with E-state index >= 15 is 0 Å². The van der Waals surface area contributed by atoms with Crippen molar-refractivity contribution in [3.05, 3.63) is 0 Å². The SMILES string of the molecule is CCC(N)=NC1CCC(CN(C)C)CC1. The Hall–Kier alpha value is -0.570. The lowest BCUT2D eigenvalue weighted by Gasteiger charge is -2.28. The molecule has 3 heteroatoms. The van der Waals surface area contributed by atoms with Gasteiger partial charge in [0.2, 0.25) is 0 Å². The van der Waals surface area contributed by atoms with Gasteiger partial charge in [0, 0.05) is 13.0 Å². The van der Waals surface area contributed by atoms with Gasteiger partial charge >= 0.3 is 0 Å². The average Bonchev–Trinajstić information content (AvgIpc) is 2.20. The summed E-state index contributed by atoms with van der Waals surface area (Å²) in [5.74, 6) is 1.69. The number of rotatable bonds is 4. The summed E-state index contributed by atoms with van der Waals surface area (Å²) < 4.78 is 0. The number of nitrogens with zero attached hydrogens (tertiary/aromatic N) is 2. The number of hydrogen-bond acceptors (Lipinski definition) is 2. The van der Waals surface area contributed by atoms with Crippen LogP contribution in [0.5, 0.6) is 0 Å². The molecule has 0 unspecified atom stereocenters. The topological polar surface area (TPSA) is 41.6 Å². The molecule has 88 valence electrons. The van der Waals surface area contributed by atoms with Gasteiger partial charge in [-0.05, 0) is 45.7 Å². The van der Waals surface area contributed by atoms with E-state index in [2.05, 4.69) is 30.9 Å². The first-order valence-electron chi connectivity index (χ1n) is 6.08. The average molecular weight is 211 g/mol. The molecular formula is C12H25N3. The fourth-order valence-corrected chi connectivity index (χ4v) is 2.30. The van der Waals surface area contributed by atoms with Crippen LogP contribution in [0.4, 0.5) is 0 Å². The Morgan fingerprint density at radius 3 is 2.33 bits per heavy atom. The number of amidine groups is 1. The number of hydrogen-bond donors (Lipinski definition) is 1. The second-order valence-corrected chi connectivity index (χ2v) is 4.91. The Bertz CT molecular complexity index is 203. The van der Waals surface area contributed by atoms with Gasteiger partial charge in [0.25, 0.3) is 0 Å². The maximum Gasteiger partial charge on any atom is 0.0937 e. The highest BCUT2D eigenvalue weighted by molar-refractivity contribution is 5.80. The molecule has 1 aliphatic rings. The maximum atomic E-state index is 5.76. The highest BCUT2D eigenvalue weighted by Gasteiger charge is 2.20. The molecule has 1 aliphatic carbocycles. The Balaban J connectivity index is 2.29. The maximum absolute atomic E-state index is 5.76. The van der Waals surface area contributed by atoms with Crippen molar-refractivity contribution < 1.29 is 0 Å². The second-order valence-electron chi connectivity index (χ2n) is 4.91. The smallest absolute Gasteiger partial charge is 0.0937 e. The zero-order valence-corrected chi connectivity index (χ0v) is 10.4. The molecule has 15 heavy (non-hydrogen) atoms. The molecule has 2 N–H and O–H groups in total. The quantitative estimate of drug-likeness (QED) is 0.570. The zero-order chi connectivity index (χ0) is 11.3. The predicted molar refractivity (Wildman–Crippen MR) is 66.2 cm³/mol. The molecule has 1 rings (SSSR count).